The maximum atomic E-state index is 12.4. The van der Waals surface area contributed by atoms with Gasteiger partial charge in [-0.2, -0.15) is 0 Å². The number of hydrogen-bond donors (Lipinski definition) is 4. The zero-order valence-electron chi connectivity index (χ0n) is 31.2. The highest BCUT2D eigenvalue weighted by atomic mass is 16.3. The SMILES string of the molecule is CCCCCCCCCC/C=C/CC/C=C/CC/C=C/C(O)C(CO)NC(=O)CC(O)CCCCCCCCCCCCCCCC. The van der Waals surface area contributed by atoms with Gasteiger partial charge in [0.15, 0.2) is 0 Å². The Morgan fingerprint density at radius 1 is 0.532 bits per heavy atom. The third-order valence-electron chi connectivity index (χ3n) is 9.16. The van der Waals surface area contributed by atoms with E-state index in [9.17, 15) is 20.1 Å². The van der Waals surface area contributed by atoms with Gasteiger partial charge in [0.25, 0.3) is 0 Å². The van der Waals surface area contributed by atoms with E-state index in [-0.39, 0.29) is 18.9 Å². The Hall–Kier alpha value is -1.43. The van der Waals surface area contributed by atoms with Gasteiger partial charge in [0.2, 0.25) is 5.91 Å². The highest BCUT2D eigenvalue weighted by Gasteiger charge is 2.20. The highest BCUT2D eigenvalue weighted by molar-refractivity contribution is 5.76. The fraction of sp³-hybridized carbons (Fsp3) is 0.833. The lowest BCUT2D eigenvalue weighted by Crippen LogP contribution is -2.45. The third-order valence-corrected chi connectivity index (χ3v) is 9.16. The molecule has 0 saturated carbocycles. The minimum absolute atomic E-state index is 0.00452. The Labute approximate surface area is 292 Å². The number of allylic oxidation sites excluding steroid dienone is 5. The van der Waals surface area contributed by atoms with Gasteiger partial charge in [-0.3, -0.25) is 4.79 Å². The molecule has 0 bridgehead atoms. The van der Waals surface area contributed by atoms with E-state index in [0.717, 1.165) is 38.5 Å². The van der Waals surface area contributed by atoms with E-state index in [0.29, 0.717) is 6.42 Å². The Morgan fingerprint density at radius 3 is 1.36 bits per heavy atom. The van der Waals surface area contributed by atoms with Crippen molar-refractivity contribution in [2.24, 2.45) is 0 Å². The minimum Gasteiger partial charge on any atom is -0.394 e. The summed E-state index contributed by atoms with van der Waals surface area (Å²) in [4.78, 5) is 12.4. The van der Waals surface area contributed by atoms with Crippen LogP contribution in [-0.2, 0) is 4.79 Å². The van der Waals surface area contributed by atoms with E-state index in [4.69, 9.17) is 0 Å². The molecule has 4 N–H and O–H groups in total. The lowest BCUT2D eigenvalue weighted by molar-refractivity contribution is -0.124. The maximum Gasteiger partial charge on any atom is 0.222 e. The molecule has 0 heterocycles. The molecule has 3 unspecified atom stereocenters. The molecule has 3 atom stereocenters. The van der Waals surface area contributed by atoms with Gasteiger partial charge < -0.3 is 20.6 Å². The Balaban J connectivity index is 3.78. The number of carbonyl (C=O) groups is 1. The molecule has 0 spiro atoms. The van der Waals surface area contributed by atoms with Crippen molar-refractivity contribution in [1.29, 1.82) is 0 Å². The van der Waals surface area contributed by atoms with E-state index in [2.05, 4.69) is 43.5 Å². The molecule has 276 valence electrons. The number of nitrogens with one attached hydrogen (secondary N) is 1. The second-order valence-corrected chi connectivity index (χ2v) is 13.9. The normalized spacial score (nSPS) is 14.1. The van der Waals surface area contributed by atoms with E-state index in [1.54, 1.807) is 6.08 Å². The van der Waals surface area contributed by atoms with Crippen LogP contribution in [0.5, 0.6) is 0 Å². The molecule has 5 heteroatoms. The maximum absolute atomic E-state index is 12.4. The van der Waals surface area contributed by atoms with Crippen LogP contribution in [0.25, 0.3) is 0 Å². The zero-order chi connectivity index (χ0) is 34.5. The van der Waals surface area contributed by atoms with Gasteiger partial charge in [-0.25, -0.2) is 0 Å². The van der Waals surface area contributed by atoms with Gasteiger partial charge >= 0.3 is 0 Å². The third kappa shape index (κ3) is 34.2. The van der Waals surface area contributed by atoms with Crippen LogP contribution < -0.4 is 5.32 Å². The molecule has 0 aromatic carbocycles. The van der Waals surface area contributed by atoms with Crippen LogP contribution in [0.3, 0.4) is 0 Å². The molecule has 0 aliphatic rings. The lowest BCUT2D eigenvalue weighted by atomic mass is 10.0. The standard InChI is InChI=1S/C42H79NO4/c1-3-5-7-9-11-13-15-17-19-20-21-22-24-26-28-30-32-34-36-41(46)40(38-44)43-42(47)37-39(45)35-33-31-29-27-25-23-18-16-14-12-10-8-6-4-2/h20-21,26,28,34,36,39-41,44-46H,3-19,22-25,27,29-33,35,37-38H2,1-2H3,(H,43,47)/b21-20+,28-26+,36-34+. The molecule has 0 fully saturated rings. The molecule has 1 amide bonds. The van der Waals surface area contributed by atoms with E-state index >= 15 is 0 Å². The summed E-state index contributed by atoms with van der Waals surface area (Å²) in [5, 5.41) is 33.1. The van der Waals surface area contributed by atoms with Crippen molar-refractivity contribution in [3.63, 3.8) is 0 Å². The number of unbranched alkanes of at least 4 members (excludes halogenated alkanes) is 23. The van der Waals surface area contributed by atoms with E-state index < -0.39 is 18.2 Å². The van der Waals surface area contributed by atoms with Gasteiger partial charge in [-0.15, -0.1) is 0 Å². The highest BCUT2D eigenvalue weighted by Crippen LogP contribution is 2.15. The molecule has 0 aliphatic carbocycles. The Morgan fingerprint density at radius 2 is 0.915 bits per heavy atom. The van der Waals surface area contributed by atoms with Gasteiger partial charge in [0, 0.05) is 0 Å². The van der Waals surface area contributed by atoms with Crippen LogP contribution in [0.2, 0.25) is 0 Å². The average molecular weight is 662 g/mol. The van der Waals surface area contributed by atoms with Crippen molar-refractivity contribution >= 4 is 5.91 Å². The van der Waals surface area contributed by atoms with Crippen LogP contribution in [0, 0.1) is 0 Å². The number of amides is 1. The molecule has 5 nitrogen and oxygen atoms in total. The predicted molar refractivity (Wildman–Crippen MR) is 204 cm³/mol. The topological polar surface area (TPSA) is 89.8 Å². The Bertz CT molecular complexity index is 734. The molecule has 0 rings (SSSR count). The average Bonchev–Trinajstić information content (AvgIpc) is 3.06. The number of aliphatic hydroxyl groups is 3. The van der Waals surface area contributed by atoms with Gasteiger partial charge in [0.05, 0.1) is 31.3 Å². The first kappa shape index (κ1) is 45.6. The predicted octanol–water partition coefficient (Wildman–Crippen LogP) is 11.2. The second kappa shape index (κ2) is 37.4. The number of rotatable bonds is 36. The van der Waals surface area contributed by atoms with Crippen molar-refractivity contribution in [1.82, 2.24) is 5.32 Å². The second-order valence-electron chi connectivity index (χ2n) is 13.9. The number of carbonyl (C=O) groups excluding carboxylic acids is 1. The van der Waals surface area contributed by atoms with Crippen molar-refractivity contribution in [3.05, 3.63) is 36.5 Å². The van der Waals surface area contributed by atoms with Gasteiger partial charge in [0.1, 0.15) is 0 Å². The molecular weight excluding hydrogens is 582 g/mol. The summed E-state index contributed by atoms with van der Waals surface area (Å²) in [5.74, 6) is -0.329. The summed E-state index contributed by atoms with van der Waals surface area (Å²) in [6, 6.07) is -0.764. The van der Waals surface area contributed by atoms with Crippen molar-refractivity contribution in [3.8, 4) is 0 Å². The van der Waals surface area contributed by atoms with Gasteiger partial charge in [-0.05, 0) is 44.9 Å². The van der Waals surface area contributed by atoms with Crippen molar-refractivity contribution in [2.75, 3.05) is 6.61 Å². The zero-order valence-corrected chi connectivity index (χ0v) is 31.2. The number of aliphatic hydroxyl groups excluding tert-OH is 3. The van der Waals surface area contributed by atoms with Crippen LogP contribution >= 0.6 is 0 Å². The Kier molecular flexibility index (Phi) is 36.3. The first-order valence-corrected chi connectivity index (χ1v) is 20.3. The van der Waals surface area contributed by atoms with Gasteiger partial charge in [-0.1, -0.05) is 185 Å². The minimum atomic E-state index is -0.956. The molecular formula is C42H79NO4. The van der Waals surface area contributed by atoms with Crippen LogP contribution in [0.4, 0.5) is 0 Å². The van der Waals surface area contributed by atoms with Crippen LogP contribution in [0.15, 0.2) is 36.5 Å². The smallest absolute Gasteiger partial charge is 0.222 e. The number of hydrogen-bond acceptors (Lipinski definition) is 4. The molecule has 0 aliphatic heterocycles. The summed E-state index contributed by atoms with van der Waals surface area (Å²) in [6.45, 7) is 4.18. The lowest BCUT2D eigenvalue weighted by Gasteiger charge is -2.21. The quantitative estimate of drug-likeness (QED) is 0.0397. The summed E-state index contributed by atoms with van der Waals surface area (Å²) in [5.41, 5.74) is 0. The van der Waals surface area contributed by atoms with E-state index in [1.165, 1.54) is 135 Å². The summed E-state index contributed by atoms with van der Waals surface area (Å²) in [6.07, 6.45) is 45.6. The summed E-state index contributed by atoms with van der Waals surface area (Å²) >= 11 is 0. The van der Waals surface area contributed by atoms with E-state index in [1.807, 2.05) is 6.08 Å². The monoisotopic (exact) mass is 662 g/mol. The summed E-state index contributed by atoms with van der Waals surface area (Å²) in [7, 11) is 0. The van der Waals surface area contributed by atoms with Crippen molar-refractivity contribution in [2.45, 2.75) is 218 Å². The molecule has 0 radical (unpaired) electrons. The molecule has 0 saturated heterocycles. The molecule has 0 aromatic heterocycles. The van der Waals surface area contributed by atoms with Crippen LogP contribution in [0.1, 0.15) is 200 Å². The van der Waals surface area contributed by atoms with Crippen LogP contribution in [-0.4, -0.2) is 46.1 Å². The first-order chi connectivity index (χ1) is 23.0. The molecule has 47 heavy (non-hydrogen) atoms. The fourth-order valence-electron chi connectivity index (χ4n) is 6.02. The molecule has 0 aromatic rings. The fourth-order valence-corrected chi connectivity index (χ4v) is 6.02. The van der Waals surface area contributed by atoms with Crippen molar-refractivity contribution < 1.29 is 20.1 Å². The summed E-state index contributed by atoms with van der Waals surface area (Å²) < 4.78 is 0. The largest absolute Gasteiger partial charge is 0.394 e. The first-order valence-electron chi connectivity index (χ1n) is 20.3.